The molecule has 0 bridgehead atoms. The van der Waals surface area contributed by atoms with Crippen LogP contribution in [-0.2, 0) is 19.1 Å². The minimum absolute atomic E-state index is 0.0338. The zero-order valence-electron chi connectivity index (χ0n) is 35.4. The first-order valence-electron chi connectivity index (χ1n) is 21.9. The summed E-state index contributed by atoms with van der Waals surface area (Å²) >= 11 is 0. The molecule has 332 valence electrons. The van der Waals surface area contributed by atoms with E-state index in [1.807, 2.05) is 54.6 Å². The minimum Gasteiger partial charge on any atom is -0.457 e. The van der Waals surface area contributed by atoms with E-state index >= 15 is 0 Å². The van der Waals surface area contributed by atoms with Gasteiger partial charge in [0.2, 0.25) is 17.7 Å². The highest BCUT2D eigenvalue weighted by Gasteiger charge is 2.45. The van der Waals surface area contributed by atoms with E-state index in [4.69, 9.17) is 20.3 Å². The van der Waals surface area contributed by atoms with Crippen LogP contribution in [-0.4, -0.2) is 135 Å². The number of anilines is 2. The Morgan fingerprint density at radius 3 is 2.33 bits per heavy atom. The zero-order chi connectivity index (χ0) is 44.2. The second-order valence-corrected chi connectivity index (χ2v) is 16.5. The number of imide groups is 2. The highest BCUT2D eigenvalue weighted by atomic mass is 16.5. The maximum Gasteiger partial charge on any atom is 0.264 e. The van der Waals surface area contributed by atoms with Crippen molar-refractivity contribution in [2.24, 2.45) is 0 Å². The van der Waals surface area contributed by atoms with Crippen LogP contribution in [0.4, 0.5) is 11.5 Å². The maximum atomic E-state index is 13.3. The summed E-state index contributed by atoms with van der Waals surface area (Å²) in [4.78, 5) is 78.0. The normalized spacial score (nSPS) is 20.6. The second kappa shape index (κ2) is 18.9. The van der Waals surface area contributed by atoms with Crippen LogP contribution in [0.15, 0.2) is 79.1 Å². The number of nitrogens with two attached hydrogens (primary N) is 1. The number of piperidine rings is 1. The predicted octanol–water partition coefficient (Wildman–Crippen LogP) is 3.62. The molecule has 18 nitrogen and oxygen atoms in total. The topological polar surface area (TPSA) is 219 Å². The number of carbonyl (C=O) groups is 5. The van der Waals surface area contributed by atoms with Crippen LogP contribution in [0.25, 0.3) is 22.3 Å². The number of para-hydroxylation sites is 1. The third-order valence-electron chi connectivity index (χ3n) is 12.6. The number of piperazine rings is 1. The lowest BCUT2D eigenvalue weighted by Crippen LogP contribution is -2.54. The molecule has 3 fully saturated rings. The number of ether oxygens (including phenoxy) is 2. The second-order valence-electron chi connectivity index (χ2n) is 16.5. The van der Waals surface area contributed by atoms with Gasteiger partial charge in [0.05, 0.1) is 42.3 Å². The van der Waals surface area contributed by atoms with E-state index in [-0.39, 0.29) is 42.5 Å². The Kier molecular flexibility index (Phi) is 12.6. The molecule has 5 aromatic rings. The molecule has 18 heteroatoms. The lowest BCUT2D eigenvalue weighted by atomic mass is 9.90. The Morgan fingerprint density at radius 2 is 1.56 bits per heavy atom. The first-order valence-corrected chi connectivity index (χ1v) is 21.9. The maximum absolute atomic E-state index is 13.3. The van der Waals surface area contributed by atoms with E-state index < -0.39 is 29.7 Å². The molecule has 1 saturated carbocycles. The summed E-state index contributed by atoms with van der Waals surface area (Å²) in [6, 6.07) is 22.0. The van der Waals surface area contributed by atoms with Gasteiger partial charge < -0.3 is 25.8 Å². The Morgan fingerprint density at radius 1 is 0.812 bits per heavy atom. The molecule has 1 unspecified atom stereocenters. The number of carbonyl (C=O) groups excluding carboxylic acids is 5. The quantitative estimate of drug-likeness (QED) is 0.0873. The van der Waals surface area contributed by atoms with Crippen molar-refractivity contribution in [3.05, 3.63) is 90.3 Å². The number of aromatic nitrogens is 4. The molecule has 5 heterocycles. The van der Waals surface area contributed by atoms with Gasteiger partial charge in [-0.05, 0) is 80.6 Å². The van der Waals surface area contributed by atoms with Gasteiger partial charge in [-0.2, -0.15) is 5.10 Å². The predicted molar refractivity (Wildman–Crippen MR) is 236 cm³/mol. The number of benzene rings is 3. The molecule has 0 spiro atoms. The number of amides is 5. The number of nitrogens with one attached hydrogen (secondary N) is 3. The van der Waals surface area contributed by atoms with Crippen molar-refractivity contribution in [1.82, 2.24) is 45.1 Å². The van der Waals surface area contributed by atoms with Crippen molar-refractivity contribution in [3.63, 3.8) is 0 Å². The van der Waals surface area contributed by atoms with E-state index in [0.717, 1.165) is 97.1 Å². The molecule has 1 atom stereocenters. The SMILES string of the molecule is Nc1ncnc2c1c(-c1ccc(Oc3ccccc3)cc1)nn2C1CCC(N2CCN(CCOCCNC(=O)CNc3cccc4c3C(=O)N(C3CCC(=O)NC3=O)C4=O)CC2)CC1. The molecular weight excluding hydrogens is 819 g/mol. The molecule has 3 aliphatic heterocycles. The zero-order valence-corrected chi connectivity index (χ0v) is 35.4. The van der Waals surface area contributed by atoms with Gasteiger partial charge in [0.1, 0.15) is 35.4 Å². The molecule has 1 aliphatic carbocycles. The van der Waals surface area contributed by atoms with Gasteiger partial charge in [0.25, 0.3) is 11.8 Å². The summed E-state index contributed by atoms with van der Waals surface area (Å²) in [5, 5.41) is 13.9. The molecule has 5 N–H and O–H groups in total. The van der Waals surface area contributed by atoms with E-state index in [0.29, 0.717) is 37.3 Å². The van der Waals surface area contributed by atoms with E-state index in [1.54, 1.807) is 12.1 Å². The van der Waals surface area contributed by atoms with E-state index in [1.165, 1.54) is 12.4 Å². The van der Waals surface area contributed by atoms with Crippen molar-refractivity contribution in [2.45, 2.75) is 56.7 Å². The molecule has 5 amide bonds. The first kappa shape index (κ1) is 42.5. The smallest absolute Gasteiger partial charge is 0.264 e. The molecule has 4 aliphatic rings. The van der Waals surface area contributed by atoms with Gasteiger partial charge in [0, 0.05) is 63.0 Å². The molecule has 9 rings (SSSR count). The van der Waals surface area contributed by atoms with Gasteiger partial charge in [-0.15, -0.1) is 0 Å². The number of rotatable bonds is 15. The van der Waals surface area contributed by atoms with Crippen molar-refractivity contribution in [3.8, 4) is 22.8 Å². The van der Waals surface area contributed by atoms with Crippen molar-refractivity contribution in [1.29, 1.82) is 0 Å². The molecular formula is C46H51N11O7. The fourth-order valence-electron chi connectivity index (χ4n) is 9.24. The lowest BCUT2D eigenvalue weighted by Gasteiger charge is -2.42. The summed E-state index contributed by atoms with van der Waals surface area (Å²) in [7, 11) is 0. The largest absolute Gasteiger partial charge is 0.457 e. The Bertz CT molecular complexity index is 2530. The summed E-state index contributed by atoms with van der Waals surface area (Å²) in [5.41, 5.74) is 9.46. The Labute approximate surface area is 369 Å². The van der Waals surface area contributed by atoms with Crippen LogP contribution in [0.2, 0.25) is 0 Å². The fraction of sp³-hybridized carbons (Fsp3) is 0.391. The summed E-state index contributed by atoms with van der Waals surface area (Å²) in [5.74, 6) is -0.731. The van der Waals surface area contributed by atoms with Crippen LogP contribution < -0.4 is 26.4 Å². The van der Waals surface area contributed by atoms with Gasteiger partial charge >= 0.3 is 0 Å². The van der Waals surface area contributed by atoms with Gasteiger partial charge in [-0.25, -0.2) is 14.6 Å². The van der Waals surface area contributed by atoms with E-state index in [2.05, 4.69) is 40.4 Å². The van der Waals surface area contributed by atoms with E-state index in [9.17, 15) is 24.0 Å². The lowest BCUT2D eigenvalue weighted by molar-refractivity contribution is -0.136. The van der Waals surface area contributed by atoms with Crippen LogP contribution in [0.1, 0.15) is 65.3 Å². The van der Waals surface area contributed by atoms with Gasteiger partial charge in [0.15, 0.2) is 5.65 Å². The van der Waals surface area contributed by atoms with Gasteiger partial charge in [-0.1, -0.05) is 24.3 Å². The summed E-state index contributed by atoms with van der Waals surface area (Å²) in [6.07, 6.45) is 5.76. The molecule has 2 saturated heterocycles. The van der Waals surface area contributed by atoms with Crippen LogP contribution >= 0.6 is 0 Å². The minimum atomic E-state index is -1.07. The molecule has 64 heavy (non-hydrogen) atoms. The third-order valence-corrected chi connectivity index (χ3v) is 12.6. The Hall–Kier alpha value is -6.76. The number of hydrogen-bond donors (Lipinski definition) is 4. The number of fused-ring (bicyclic) bond motifs is 2. The average Bonchev–Trinajstić information content (AvgIpc) is 3.83. The molecule has 2 aromatic heterocycles. The standard InChI is InChI=1S/C46H51N11O7/c47-42-40-41(29-9-15-33(16-10-29)64-32-5-2-1-3-6-32)53-57(43(40)51-28-50-42)31-13-11-30(12-14-31)55-22-20-54(21-23-55)24-26-63-25-19-48-38(59)27-49-35-8-4-7-34-39(35)46(62)56(45(34)61)36-17-18-37(58)52-44(36)60/h1-10,15-16,28,30-31,36,49H,11-14,17-27H2,(H,48,59)(H2,47,50,51)(H,52,58,60). The number of nitrogen functional groups attached to an aromatic ring is 1. The monoisotopic (exact) mass is 869 g/mol. The average molecular weight is 870 g/mol. The third kappa shape index (κ3) is 9.02. The van der Waals surface area contributed by atoms with Crippen LogP contribution in [0.3, 0.4) is 0 Å². The fourth-order valence-corrected chi connectivity index (χ4v) is 9.24. The van der Waals surface area contributed by atoms with Crippen molar-refractivity contribution >= 4 is 52.1 Å². The Balaban J connectivity index is 0.680. The molecule has 3 aromatic carbocycles. The summed E-state index contributed by atoms with van der Waals surface area (Å²) in [6.45, 7) is 5.83. The highest BCUT2D eigenvalue weighted by Crippen LogP contribution is 2.38. The van der Waals surface area contributed by atoms with Gasteiger partial charge in [-0.3, -0.25) is 44.0 Å². The summed E-state index contributed by atoms with van der Waals surface area (Å²) < 4.78 is 13.9. The number of nitrogens with zero attached hydrogens (tertiary/aromatic N) is 7. The number of hydrogen-bond acceptors (Lipinski definition) is 14. The first-order chi connectivity index (χ1) is 31.2. The van der Waals surface area contributed by atoms with Crippen molar-refractivity contribution < 1.29 is 33.4 Å². The van der Waals surface area contributed by atoms with Crippen LogP contribution in [0.5, 0.6) is 11.5 Å². The molecule has 0 radical (unpaired) electrons. The van der Waals surface area contributed by atoms with Crippen molar-refractivity contribution in [2.75, 3.05) is 70.1 Å². The highest BCUT2D eigenvalue weighted by molar-refractivity contribution is 6.25. The van der Waals surface area contributed by atoms with Crippen LogP contribution in [0, 0.1) is 0 Å².